The lowest BCUT2D eigenvalue weighted by Gasteiger charge is -2.35. The Bertz CT molecular complexity index is 596. The normalized spacial score (nSPS) is 18.5. The van der Waals surface area contributed by atoms with E-state index < -0.39 is 16.0 Å². The smallest absolute Gasteiger partial charge is 0.332 e. The number of aromatic nitrogens is 1. The first-order chi connectivity index (χ1) is 10.0. The van der Waals surface area contributed by atoms with Crippen molar-refractivity contribution in [2.45, 2.75) is 45.2 Å². The van der Waals surface area contributed by atoms with Gasteiger partial charge in [0.25, 0.3) is 5.43 Å². The Morgan fingerprint density at radius 3 is 2.90 bits per heavy atom. The number of pyridine rings is 1. The van der Waals surface area contributed by atoms with Crippen LogP contribution in [-0.2, 0) is 11.3 Å². The van der Waals surface area contributed by atoms with Gasteiger partial charge in [-0.15, -0.1) is 0 Å². The van der Waals surface area contributed by atoms with E-state index in [2.05, 4.69) is 6.92 Å². The molecule has 1 fully saturated rings. The third-order valence-corrected chi connectivity index (χ3v) is 3.89. The van der Waals surface area contributed by atoms with Crippen molar-refractivity contribution in [1.29, 1.82) is 0 Å². The van der Waals surface area contributed by atoms with Crippen LogP contribution in [0.2, 0.25) is 0 Å². The van der Waals surface area contributed by atoms with Crippen LogP contribution in [0.15, 0.2) is 23.3 Å². The summed E-state index contributed by atoms with van der Waals surface area (Å²) in [6.45, 7) is 2.82. The number of carbonyl (C=O) groups is 1. The van der Waals surface area contributed by atoms with Gasteiger partial charge in [0, 0.05) is 24.8 Å². The van der Waals surface area contributed by atoms with Crippen molar-refractivity contribution >= 4 is 11.6 Å². The van der Waals surface area contributed by atoms with Gasteiger partial charge in [0.2, 0.25) is 5.91 Å². The number of carbonyl (C=O) groups excluding carboxylic acids is 1. The molecule has 1 saturated heterocycles. The molecule has 1 atom stereocenters. The molecular formula is C14H19N3O4. The van der Waals surface area contributed by atoms with Crippen molar-refractivity contribution in [1.82, 2.24) is 9.47 Å². The van der Waals surface area contributed by atoms with Crippen LogP contribution in [0.5, 0.6) is 0 Å². The lowest BCUT2D eigenvalue weighted by atomic mass is 10.00. The first kappa shape index (κ1) is 15.2. The molecule has 1 aromatic heterocycles. The number of amides is 1. The van der Waals surface area contributed by atoms with Crippen LogP contribution < -0.4 is 5.43 Å². The molecule has 2 rings (SSSR count). The molecule has 0 radical (unpaired) electrons. The van der Waals surface area contributed by atoms with Gasteiger partial charge in [-0.3, -0.25) is 19.7 Å². The minimum absolute atomic E-state index is 0.0254. The molecule has 7 nitrogen and oxygen atoms in total. The average molecular weight is 293 g/mol. The Kier molecular flexibility index (Phi) is 4.72. The molecule has 0 aliphatic carbocycles. The molecule has 1 aliphatic heterocycles. The fourth-order valence-electron chi connectivity index (χ4n) is 2.75. The van der Waals surface area contributed by atoms with Gasteiger partial charge in [-0.25, -0.2) is 0 Å². The van der Waals surface area contributed by atoms with E-state index in [0.29, 0.717) is 0 Å². The summed E-state index contributed by atoms with van der Waals surface area (Å²) < 4.78 is 1.41. The Labute approximate surface area is 122 Å². The number of piperidine rings is 1. The van der Waals surface area contributed by atoms with E-state index in [9.17, 15) is 19.7 Å². The fraction of sp³-hybridized carbons (Fsp3) is 0.571. The lowest BCUT2D eigenvalue weighted by molar-refractivity contribution is -0.386. The summed E-state index contributed by atoms with van der Waals surface area (Å²) in [5.74, 6) is -0.0560. The number of nitrogens with zero attached hydrogens (tertiary/aromatic N) is 3. The summed E-state index contributed by atoms with van der Waals surface area (Å²) in [6, 6.07) is 1.37. The maximum absolute atomic E-state index is 12.4. The number of hydrogen-bond donors (Lipinski definition) is 0. The molecular weight excluding hydrogens is 274 g/mol. The van der Waals surface area contributed by atoms with Crippen LogP contribution in [0.1, 0.15) is 32.6 Å². The van der Waals surface area contributed by atoms with Crippen molar-refractivity contribution in [3.8, 4) is 0 Å². The first-order valence-corrected chi connectivity index (χ1v) is 7.17. The molecule has 1 aliphatic rings. The number of likely N-dealkylation sites (tertiary alicyclic amines) is 1. The molecule has 114 valence electrons. The van der Waals surface area contributed by atoms with Crippen LogP contribution in [-0.4, -0.2) is 32.9 Å². The van der Waals surface area contributed by atoms with Crippen molar-refractivity contribution in [2.75, 3.05) is 6.54 Å². The summed E-state index contributed by atoms with van der Waals surface area (Å²) in [6.07, 6.45) is 6.59. The third-order valence-electron chi connectivity index (χ3n) is 3.89. The molecule has 2 heterocycles. The van der Waals surface area contributed by atoms with E-state index in [-0.39, 0.29) is 18.5 Å². The van der Waals surface area contributed by atoms with Crippen molar-refractivity contribution in [3.63, 3.8) is 0 Å². The quantitative estimate of drug-likeness (QED) is 0.622. The summed E-state index contributed by atoms with van der Waals surface area (Å²) in [5, 5.41) is 10.8. The fourth-order valence-corrected chi connectivity index (χ4v) is 2.75. The predicted molar refractivity (Wildman–Crippen MR) is 77.0 cm³/mol. The van der Waals surface area contributed by atoms with Gasteiger partial charge < -0.3 is 9.47 Å². The zero-order valence-electron chi connectivity index (χ0n) is 12.0. The molecule has 0 bridgehead atoms. The van der Waals surface area contributed by atoms with Crippen molar-refractivity contribution in [3.05, 3.63) is 38.8 Å². The second-order valence-electron chi connectivity index (χ2n) is 5.27. The van der Waals surface area contributed by atoms with Gasteiger partial charge in [0.15, 0.2) is 0 Å². The number of rotatable bonds is 4. The Morgan fingerprint density at radius 1 is 1.48 bits per heavy atom. The number of hydrogen-bond acceptors (Lipinski definition) is 4. The monoisotopic (exact) mass is 293 g/mol. The predicted octanol–water partition coefficient (Wildman–Crippen LogP) is 1.55. The zero-order valence-corrected chi connectivity index (χ0v) is 12.0. The summed E-state index contributed by atoms with van der Waals surface area (Å²) >= 11 is 0. The van der Waals surface area contributed by atoms with Crippen LogP contribution in [0.4, 0.5) is 5.69 Å². The minimum atomic E-state index is -0.723. The zero-order chi connectivity index (χ0) is 15.4. The maximum Gasteiger partial charge on any atom is 0.332 e. The molecule has 7 heteroatoms. The SMILES string of the molecule is CC[C@@H]1CCCCN1C(=O)Cn1ccc(=O)c([N+](=O)[O-])c1. The van der Waals surface area contributed by atoms with E-state index >= 15 is 0 Å². The summed E-state index contributed by atoms with van der Waals surface area (Å²) in [5.41, 5.74) is -1.15. The van der Waals surface area contributed by atoms with Gasteiger partial charge in [-0.05, 0) is 25.7 Å². The highest BCUT2D eigenvalue weighted by Crippen LogP contribution is 2.19. The summed E-state index contributed by atoms with van der Waals surface area (Å²) in [7, 11) is 0. The number of nitro groups is 1. The molecule has 21 heavy (non-hydrogen) atoms. The van der Waals surface area contributed by atoms with E-state index in [1.807, 2.05) is 4.90 Å². The van der Waals surface area contributed by atoms with Gasteiger partial charge in [-0.1, -0.05) is 6.92 Å². The highest BCUT2D eigenvalue weighted by molar-refractivity contribution is 5.76. The molecule has 0 unspecified atom stereocenters. The second kappa shape index (κ2) is 6.51. The highest BCUT2D eigenvalue weighted by Gasteiger charge is 2.25. The van der Waals surface area contributed by atoms with E-state index in [1.165, 1.54) is 10.8 Å². The molecule has 0 saturated carbocycles. The Hall–Kier alpha value is -2.18. The van der Waals surface area contributed by atoms with Crippen LogP contribution in [0.3, 0.4) is 0 Å². The maximum atomic E-state index is 12.4. The van der Waals surface area contributed by atoms with Crippen molar-refractivity contribution in [2.24, 2.45) is 0 Å². The average Bonchev–Trinajstić information content (AvgIpc) is 2.48. The molecule has 0 N–H and O–H groups in total. The first-order valence-electron chi connectivity index (χ1n) is 7.17. The summed E-state index contributed by atoms with van der Waals surface area (Å²) in [4.78, 5) is 35.6. The van der Waals surface area contributed by atoms with Gasteiger partial charge in [0.05, 0.1) is 11.1 Å². The van der Waals surface area contributed by atoms with E-state index in [1.54, 1.807) is 0 Å². The standard InChI is InChI=1S/C14H19N3O4/c1-2-11-5-3-4-7-16(11)14(19)10-15-8-6-13(18)12(9-15)17(20)21/h6,8-9,11H,2-5,7,10H2,1H3/t11-/m1/s1. The van der Waals surface area contributed by atoms with Crippen LogP contribution >= 0.6 is 0 Å². The largest absolute Gasteiger partial charge is 0.339 e. The third kappa shape index (κ3) is 3.48. The van der Waals surface area contributed by atoms with Crippen LogP contribution in [0.25, 0.3) is 0 Å². The van der Waals surface area contributed by atoms with E-state index in [4.69, 9.17) is 0 Å². The van der Waals surface area contributed by atoms with Gasteiger partial charge in [-0.2, -0.15) is 0 Å². The minimum Gasteiger partial charge on any atom is -0.339 e. The molecule has 1 aromatic rings. The Balaban J connectivity index is 2.14. The highest BCUT2D eigenvalue weighted by atomic mass is 16.6. The van der Waals surface area contributed by atoms with Gasteiger partial charge >= 0.3 is 5.69 Å². The molecule has 0 aromatic carbocycles. The van der Waals surface area contributed by atoms with Crippen molar-refractivity contribution < 1.29 is 9.72 Å². The van der Waals surface area contributed by atoms with E-state index in [0.717, 1.165) is 44.5 Å². The van der Waals surface area contributed by atoms with Crippen LogP contribution in [0, 0.1) is 10.1 Å². The topological polar surface area (TPSA) is 85.5 Å². The second-order valence-corrected chi connectivity index (χ2v) is 5.27. The molecule has 1 amide bonds. The van der Waals surface area contributed by atoms with Gasteiger partial charge in [0.1, 0.15) is 6.54 Å². The Morgan fingerprint density at radius 2 is 2.24 bits per heavy atom. The molecule has 0 spiro atoms. The lowest BCUT2D eigenvalue weighted by Crippen LogP contribution is -2.44.